The minimum atomic E-state index is -1.44. The molecule has 0 spiro atoms. The number of aliphatic hydroxyl groups is 4. The number of methoxy groups -OCH3 is 1. The molecule has 7 nitrogen and oxygen atoms in total. The normalized spacial score (nSPS) is 42.4. The Morgan fingerprint density at radius 1 is 1.18 bits per heavy atom. The molecule has 34 heavy (non-hydrogen) atoms. The third-order valence-corrected chi connectivity index (χ3v) is 8.66. The fourth-order valence-electron chi connectivity index (χ4n) is 6.71. The van der Waals surface area contributed by atoms with Gasteiger partial charge in [-0.15, -0.1) is 0 Å². The van der Waals surface area contributed by atoms with E-state index in [1.165, 1.54) is 22.3 Å². The van der Waals surface area contributed by atoms with Crippen molar-refractivity contribution in [3.05, 3.63) is 34.4 Å². The van der Waals surface area contributed by atoms with Crippen LogP contribution in [0.2, 0.25) is 0 Å². The molecule has 0 radical (unpaired) electrons. The largest absolute Gasteiger partial charge is 0.394 e. The van der Waals surface area contributed by atoms with Crippen molar-refractivity contribution in [2.45, 2.75) is 77.7 Å². The maximum absolute atomic E-state index is 10.5. The Morgan fingerprint density at radius 3 is 2.56 bits per heavy atom. The Morgan fingerprint density at radius 2 is 1.91 bits per heavy atom. The smallest absolute Gasteiger partial charge is 0.186 e. The second-order valence-electron chi connectivity index (χ2n) is 11.1. The summed E-state index contributed by atoms with van der Waals surface area (Å²) in [6.45, 7) is 9.62. The number of ether oxygens (including phenoxy) is 3. The standard InChI is InChI=1S/C27H42O7/c1-14(2)17-8-9-27(4)10-19-16(12-32-5)6-7-18(19)15(3)20(22(17)27)13-33-26-25(31)24(30)23(29)21(11-28)34-26/h6,10,14-15,18,20-21,23-26,28-31H,7-9,11-13H2,1-5H3/t15-,18+,20-,21-,23-,24+,25-,26+,27-/m1/s1. The minimum Gasteiger partial charge on any atom is -0.394 e. The van der Waals surface area contributed by atoms with Crippen LogP contribution >= 0.6 is 0 Å². The molecule has 0 unspecified atom stereocenters. The summed E-state index contributed by atoms with van der Waals surface area (Å²) in [6, 6.07) is 0. The van der Waals surface area contributed by atoms with Crippen LogP contribution in [0, 0.1) is 29.1 Å². The Kier molecular flexibility index (Phi) is 7.75. The lowest BCUT2D eigenvalue weighted by molar-refractivity contribution is -0.303. The summed E-state index contributed by atoms with van der Waals surface area (Å²) in [7, 11) is 1.74. The van der Waals surface area contributed by atoms with Crippen molar-refractivity contribution in [2.75, 3.05) is 26.9 Å². The van der Waals surface area contributed by atoms with Crippen LogP contribution in [-0.4, -0.2) is 78.1 Å². The molecule has 192 valence electrons. The second-order valence-corrected chi connectivity index (χ2v) is 11.1. The van der Waals surface area contributed by atoms with Crippen LogP contribution in [-0.2, 0) is 14.2 Å². The number of allylic oxidation sites excluding steroid dienone is 3. The molecule has 7 heteroatoms. The van der Waals surface area contributed by atoms with Crippen molar-refractivity contribution < 1.29 is 34.6 Å². The van der Waals surface area contributed by atoms with Crippen LogP contribution in [0.5, 0.6) is 0 Å². The maximum atomic E-state index is 10.5. The highest BCUT2D eigenvalue weighted by Gasteiger charge is 2.49. The van der Waals surface area contributed by atoms with Gasteiger partial charge in [-0.3, -0.25) is 0 Å². The Bertz CT molecular complexity index is 844. The van der Waals surface area contributed by atoms with Crippen molar-refractivity contribution in [1.82, 2.24) is 0 Å². The Labute approximate surface area is 203 Å². The second kappa shape index (κ2) is 10.1. The van der Waals surface area contributed by atoms with Gasteiger partial charge >= 0.3 is 0 Å². The highest BCUT2D eigenvalue weighted by molar-refractivity contribution is 5.48. The molecule has 4 N–H and O–H groups in total. The van der Waals surface area contributed by atoms with Gasteiger partial charge in [-0.25, -0.2) is 0 Å². The summed E-state index contributed by atoms with van der Waals surface area (Å²) in [5.74, 6) is 1.22. The van der Waals surface area contributed by atoms with E-state index < -0.39 is 37.3 Å². The lowest BCUT2D eigenvalue weighted by atomic mass is 9.72. The minimum absolute atomic E-state index is 0.0709. The van der Waals surface area contributed by atoms with Crippen LogP contribution in [0.4, 0.5) is 0 Å². The van der Waals surface area contributed by atoms with E-state index >= 15 is 0 Å². The summed E-state index contributed by atoms with van der Waals surface area (Å²) in [5, 5.41) is 40.4. The topological polar surface area (TPSA) is 109 Å². The van der Waals surface area contributed by atoms with Gasteiger partial charge in [0.25, 0.3) is 0 Å². The fourth-order valence-corrected chi connectivity index (χ4v) is 6.71. The maximum Gasteiger partial charge on any atom is 0.186 e. The number of fused-ring (bicyclic) bond motifs is 2. The first kappa shape index (κ1) is 26.0. The zero-order valence-corrected chi connectivity index (χ0v) is 21.1. The van der Waals surface area contributed by atoms with Crippen molar-refractivity contribution in [1.29, 1.82) is 0 Å². The van der Waals surface area contributed by atoms with Crippen molar-refractivity contribution in [3.63, 3.8) is 0 Å². The van der Waals surface area contributed by atoms with Crippen LogP contribution in [0.25, 0.3) is 0 Å². The monoisotopic (exact) mass is 478 g/mol. The average molecular weight is 479 g/mol. The third kappa shape index (κ3) is 4.45. The molecule has 3 aliphatic carbocycles. The van der Waals surface area contributed by atoms with E-state index in [1.54, 1.807) is 7.11 Å². The van der Waals surface area contributed by atoms with E-state index in [0.717, 1.165) is 19.3 Å². The lowest BCUT2D eigenvalue weighted by Gasteiger charge is -2.41. The van der Waals surface area contributed by atoms with Crippen LogP contribution in [0.15, 0.2) is 34.4 Å². The first-order valence-electron chi connectivity index (χ1n) is 12.7. The van der Waals surface area contributed by atoms with Gasteiger partial charge in [-0.2, -0.15) is 0 Å². The molecule has 0 bridgehead atoms. The number of hydrogen-bond acceptors (Lipinski definition) is 7. The quantitative estimate of drug-likeness (QED) is 0.416. The first-order valence-corrected chi connectivity index (χ1v) is 12.7. The van der Waals surface area contributed by atoms with Crippen molar-refractivity contribution in [2.24, 2.45) is 29.1 Å². The van der Waals surface area contributed by atoms with Gasteiger partial charge in [0.05, 0.1) is 19.8 Å². The van der Waals surface area contributed by atoms with Crippen molar-refractivity contribution in [3.8, 4) is 0 Å². The van der Waals surface area contributed by atoms with Gasteiger partial charge in [0.1, 0.15) is 24.4 Å². The van der Waals surface area contributed by atoms with Gasteiger partial charge < -0.3 is 34.6 Å². The van der Waals surface area contributed by atoms with E-state index in [-0.39, 0.29) is 11.3 Å². The highest BCUT2D eigenvalue weighted by Crippen LogP contribution is 2.57. The van der Waals surface area contributed by atoms with E-state index in [9.17, 15) is 20.4 Å². The predicted molar refractivity (Wildman–Crippen MR) is 128 cm³/mol. The molecule has 1 aliphatic heterocycles. The van der Waals surface area contributed by atoms with Gasteiger partial charge in [0.15, 0.2) is 6.29 Å². The molecule has 4 aliphatic rings. The fraction of sp³-hybridized carbons (Fsp3) is 0.778. The molecule has 1 saturated heterocycles. The summed E-state index contributed by atoms with van der Waals surface area (Å²) in [4.78, 5) is 0. The van der Waals surface area contributed by atoms with Crippen LogP contribution in [0.1, 0.15) is 47.0 Å². The van der Waals surface area contributed by atoms with E-state index in [2.05, 4.69) is 39.8 Å². The molecule has 0 saturated carbocycles. The lowest BCUT2D eigenvalue weighted by Crippen LogP contribution is -2.59. The van der Waals surface area contributed by atoms with Crippen LogP contribution < -0.4 is 0 Å². The van der Waals surface area contributed by atoms with E-state index in [0.29, 0.717) is 31.0 Å². The summed E-state index contributed by atoms with van der Waals surface area (Å²) in [5.41, 5.74) is 5.55. The number of hydrogen-bond donors (Lipinski definition) is 4. The van der Waals surface area contributed by atoms with E-state index in [1.807, 2.05) is 0 Å². The van der Waals surface area contributed by atoms with Gasteiger partial charge in [-0.05, 0) is 48.2 Å². The molecule has 0 aromatic rings. The van der Waals surface area contributed by atoms with Gasteiger partial charge in [-0.1, -0.05) is 51.0 Å². The van der Waals surface area contributed by atoms with Gasteiger partial charge in [0, 0.05) is 18.4 Å². The van der Waals surface area contributed by atoms with Crippen molar-refractivity contribution >= 4 is 0 Å². The van der Waals surface area contributed by atoms with Crippen LogP contribution in [0.3, 0.4) is 0 Å². The van der Waals surface area contributed by atoms with E-state index in [4.69, 9.17) is 14.2 Å². The predicted octanol–water partition coefficient (Wildman–Crippen LogP) is 2.34. The Hall–Kier alpha value is -1.06. The zero-order chi connectivity index (χ0) is 24.8. The molecule has 1 heterocycles. The molecule has 0 aromatic carbocycles. The molecule has 9 atom stereocenters. The Balaban J connectivity index is 1.65. The molecular weight excluding hydrogens is 436 g/mol. The summed E-state index contributed by atoms with van der Waals surface area (Å²) < 4.78 is 17.3. The zero-order valence-electron chi connectivity index (χ0n) is 21.1. The molecule has 1 fully saturated rings. The summed E-state index contributed by atoms with van der Waals surface area (Å²) >= 11 is 0. The molecule has 0 amide bonds. The summed E-state index contributed by atoms with van der Waals surface area (Å²) in [6.07, 6.45) is 1.60. The molecule has 4 rings (SSSR count). The number of rotatable bonds is 7. The average Bonchev–Trinajstić information content (AvgIpc) is 3.32. The SMILES string of the molecule is COCC1=CC[C@@H]2C1=C[C@@]1(C)CCC(C(C)C)=C1[C@H](CO[C@H]1O[C@H](CO)[C@@H](O)[C@H](O)[C@H]1O)[C@@H]2C. The first-order chi connectivity index (χ1) is 16.1. The molecular formula is C27H42O7. The van der Waals surface area contributed by atoms with Gasteiger partial charge in [0.2, 0.25) is 0 Å². The number of aliphatic hydroxyl groups excluding tert-OH is 4. The highest BCUT2D eigenvalue weighted by atomic mass is 16.7. The third-order valence-electron chi connectivity index (χ3n) is 8.66. The molecule has 0 aromatic heterocycles.